The van der Waals surface area contributed by atoms with E-state index in [1.54, 1.807) is 16.7 Å². The molecule has 0 radical (unpaired) electrons. The topological polar surface area (TPSA) is 56.2 Å². The Morgan fingerprint density at radius 1 is 1.05 bits per heavy atom. The van der Waals surface area contributed by atoms with E-state index in [0.29, 0.717) is 33.2 Å². The fourth-order valence-electron chi connectivity index (χ4n) is 2.24. The minimum atomic E-state index is 0.314. The van der Waals surface area contributed by atoms with Gasteiger partial charge in [-0.3, -0.25) is 4.40 Å². The average Bonchev–Trinajstić information content (AvgIpc) is 3.14. The molecule has 4 rings (SSSR count). The number of benzene rings is 1. The molecule has 108 valence electrons. The molecule has 0 amide bonds. The third kappa shape index (κ3) is 2.15. The Hall–Kier alpha value is -2.37. The van der Waals surface area contributed by atoms with Gasteiger partial charge < -0.3 is 4.52 Å². The van der Waals surface area contributed by atoms with Crippen LogP contribution in [0.1, 0.15) is 0 Å². The molecule has 0 fully saturated rings. The highest BCUT2D eigenvalue weighted by molar-refractivity contribution is 6.33. The summed E-state index contributed by atoms with van der Waals surface area (Å²) in [5, 5.41) is 4.79. The third-order valence-electron chi connectivity index (χ3n) is 3.21. The molecule has 0 spiro atoms. The smallest absolute Gasteiger partial charge is 0.169 e. The summed E-state index contributed by atoms with van der Waals surface area (Å²) < 4.78 is 7.06. The van der Waals surface area contributed by atoms with Crippen molar-refractivity contribution in [1.29, 1.82) is 0 Å². The van der Waals surface area contributed by atoms with Gasteiger partial charge in [0, 0.05) is 17.7 Å². The van der Waals surface area contributed by atoms with E-state index in [4.69, 9.17) is 27.7 Å². The fourth-order valence-corrected chi connectivity index (χ4v) is 2.75. The molecule has 0 aliphatic rings. The normalized spacial score (nSPS) is 11.2. The number of fused-ring (bicyclic) bond motifs is 1. The number of aromatic nitrogens is 4. The SMILES string of the molecule is Clc1cc(Cl)n2c(-c3cc(-c4ccccc4)on3)ncc2n1. The molecule has 0 saturated heterocycles. The number of nitrogens with zero attached hydrogens (tertiary/aromatic N) is 4. The van der Waals surface area contributed by atoms with Gasteiger partial charge in [0.05, 0.1) is 6.20 Å². The Morgan fingerprint density at radius 2 is 1.86 bits per heavy atom. The minimum Gasteiger partial charge on any atom is -0.356 e. The Morgan fingerprint density at radius 3 is 2.68 bits per heavy atom. The van der Waals surface area contributed by atoms with Crippen LogP contribution in [0.25, 0.3) is 28.5 Å². The van der Waals surface area contributed by atoms with Gasteiger partial charge in [-0.25, -0.2) is 9.97 Å². The molecule has 0 atom stereocenters. The van der Waals surface area contributed by atoms with Crippen molar-refractivity contribution in [2.24, 2.45) is 0 Å². The molecule has 4 aromatic rings. The lowest BCUT2D eigenvalue weighted by atomic mass is 10.1. The maximum Gasteiger partial charge on any atom is 0.169 e. The number of hydrogen-bond donors (Lipinski definition) is 0. The van der Waals surface area contributed by atoms with Crippen LogP contribution in [-0.2, 0) is 0 Å². The van der Waals surface area contributed by atoms with Crippen LogP contribution in [-0.4, -0.2) is 19.5 Å². The van der Waals surface area contributed by atoms with Crippen LogP contribution < -0.4 is 0 Å². The van der Waals surface area contributed by atoms with Crippen molar-refractivity contribution in [2.75, 3.05) is 0 Å². The minimum absolute atomic E-state index is 0.314. The van der Waals surface area contributed by atoms with Crippen LogP contribution in [0.2, 0.25) is 10.3 Å². The lowest BCUT2D eigenvalue weighted by molar-refractivity contribution is 0.434. The van der Waals surface area contributed by atoms with Crippen LogP contribution in [0.3, 0.4) is 0 Å². The van der Waals surface area contributed by atoms with E-state index in [1.807, 2.05) is 36.4 Å². The van der Waals surface area contributed by atoms with Crippen molar-refractivity contribution in [3.05, 3.63) is 59.0 Å². The molecular formula is C15H8Cl2N4O. The van der Waals surface area contributed by atoms with Gasteiger partial charge in [-0.2, -0.15) is 0 Å². The summed E-state index contributed by atoms with van der Waals surface area (Å²) in [6.07, 6.45) is 1.59. The van der Waals surface area contributed by atoms with Crippen molar-refractivity contribution in [3.63, 3.8) is 0 Å². The van der Waals surface area contributed by atoms with Gasteiger partial charge in [-0.15, -0.1) is 0 Å². The molecule has 0 N–H and O–H groups in total. The van der Waals surface area contributed by atoms with Crippen molar-refractivity contribution >= 4 is 28.8 Å². The Kier molecular flexibility index (Phi) is 3.10. The van der Waals surface area contributed by atoms with E-state index in [1.165, 1.54) is 0 Å². The lowest BCUT2D eigenvalue weighted by Crippen LogP contribution is -1.93. The second-order valence-corrected chi connectivity index (χ2v) is 5.39. The summed E-state index contributed by atoms with van der Waals surface area (Å²) >= 11 is 12.1. The predicted octanol–water partition coefficient (Wildman–Crippen LogP) is 4.36. The molecule has 0 unspecified atom stereocenters. The van der Waals surface area contributed by atoms with Crippen LogP contribution >= 0.6 is 23.2 Å². The summed E-state index contributed by atoms with van der Waals surface area (Å²) in [6.45, 7) is 0. The van der Waals surface area contributed by atoms with Crippen molar-refractivity contribution in [1.82, 2.24) is 19.5 Å². The zero-order chi connectivity index (χ0) is 15.1. The van der Waals surface area contributed by atoms with Crippen LogP contribution in [0, 0.1) is 0 Å². The van der Waals surface area contributed by atoms with Crippen LogP contribution in [0.15, 0.2) is 53.2 Å². The van der Waals surface area contributed by atoms with Gasteiger partial charge in [-0.1, -0.05) is 58.7 Å². The van der Waals surface area contributed by atoms with Gasteiger partial charge >= 0.3 is 0 Å². The fraction of sp³-hybridized carbons (Fsp3) is 0. The molecule has 7 heteroatoms. The predicted molar refractivity (Wildman–Crippen MR) is 83.9 cm³/mol. The zero-order valence-electron chi connectivity index (χ0n) is 11.1. The standard InChI is InChI=1S/C15H8Cl2N4O/c16-12-7-13(17)21-14(19-12)8-18-15(21)10-6-11(22-20-10)9-4-2-1-3-5-9/h1-8H. The molecule has 3 heterocycles. The van der Waals surface area contributed by atoms with E-state index in [9.17, 15) is 0 Å². The lowest BCUT2D eigenvalue weighted by Gasteiger charge is -2.00. The quantitative estimate of drug-likeness (QED) is 0.512. The van der Waals surface area contributed by atoms with E-state index in [0.717, 1.165) is 5.56 Å². The van der Waals surface area contributed by atoms with Crippen molar-refractivity contribution < 1.29 is 4.52 Å². The zero-order valence-corrected chi connectivity index (χ0v) is 12.6. The van der Waals surface area contributed by atoms with Gasteiger partial charge in [0.15, 0.2) is 22.9 Å². The van der Waals surface area contributed by atoms with Crippen LogP contribution in [0.5, 0.6) is 0 Å². The van der Waals surface area contributed by atoms with Gasteiger partial charge in [0.2, 0.25) is 0 Å². The second-order valence-electron chi connectivity index (χ2n) is 4.62. The Labute approximate surface area is 135 Å². The first kappa shape index (κ1) is 13.3. The van der Waals surface area contributed by atoms with Crippen molar-refractivity contribution in [3.8, 4) is 22.8 Å². The monoisotopic (exact) mass is 330 g/mol. The van der Waals surface area contributed by atoms with E-state index in [-0.39, 0.29) is 0 Å². The van der Waals surface area contributed by atoms with E-state index < -0.39 is 0 Å². The molecule has 5 nitrogen and oxygen atoms in total. The number of hydrogen-bond acceptors (Lipinski definition) is 4. The van der Waals surface area contributed by atoms with E-state index in [2.05, 4.69) is 15.1 Å². The maximum atomic E-state index is 6.22. The highest BCUT2D eigenvalue weighted by atomic mass is 35.5. The summed E-state index contributed by atoms with van der Waals surface area (Å²) in [6, 6.07) is 13.1. The summed E-state index contributed by atoms with van der Waals surface area (Å²) in [5.41, 5.74) is 2.07. The molecule has 0 aliphatic heterocycles. The average molecular weight is 331 g/mol. The summed E-state index contributed by atoms with van der Waals surface area (Å²) in [5.74, 6) is 1.21. The van der Waals surface area contributed by atoms with Gasteiger partial charge in [-0.05, 0) is 0 Å². The third-order valence-corrected chi connectivity index (χ3v) is 3.69. The first-order valence-corrected chi connectivity index (χ1v) is 7.20. The Balaban J connectivity index is 1.85. The second kappa shape index (κ2) is 5.12. The highest BCUT2D eigenvalue weighted by Crippen LogP contribution is 2.28. The Bertz CT molecular complexity index is 962. The molecule has 3 aromatic heterocycles. The van der Waals surface area contributed by atoms with Crippen LogP contribution in [0.4, 0.5) is 0 Å². The molecule has 0 aliphatic carbocycles. The summed E-state index contributed by atoms with van der Waals surface area (Å²) in [7, 11) is 0. The molecule has 22 heavy (non-hydrogen) atoms. The van der Waals surface area contributed by atoms with Crippen molar-refractivity contribution in [2.45, 2.75) is 0 Å². The molecule has 0 saturated carbocycles. The number of halogens is 2. The molecule has 1 aromatic carbocycles. The highest BCUT2D eigenvalue weighted by Gasteiger charge is 2.16. The van der Waals surface area contributed by atoms with Gasteiger partial charge in [0.25, 0.3) is 0 Å². The first-order valence-electron chi connectivity index (χ1n) is 6.44. The number of rotatable bonds is 2. The summed E-state index contributed by atoms with van der Waals surface area (Å²) in [4.78, 5) is 8.48. The molecule has 0 bridgehead atoms. The molecular weight excluding hydrogens is 323 g/mol. The largest absolute Gasteiger partial charge is 0.356 e. The van der Waals surface area contributed by atoms with E-state index >= 15 is 0 Å². The van der Waals surface area contributed by atoms with Gasteiger partial charge in [0.1, 0.15) is 10.3 Å². The maximum absolute atomic E-state index is 6.22. The number of imidazole rings is 1. The first-order chi connectivity index (χ1) is 10.7.